The molecular formula is C18H21ClFN3O4S. The number of nitrogens with two attached hydrogens (primary N) is 1. The van der Waals surface area contributed by atoms with Crippen molar-refractivity contribution >= 4 is 39.7 Å². The standard InChI is InChI=1S/C18H20FN3O4S.ClH/c19-16-6-5-15(21-18(23)11-13-1-3-14(20)4-2-13)12-17(16)27(24,25)22-7-9-26-10-8-22;/h1-6,12H,7-11,20H2,(H,21,23);1H. The molecule has 3 rings (SSSR count). The van der Waals surface area contributed by atoms with Gasteiger partial charge in [-0.1, -0.05) is 12.1 Å². The minimum absolute atomic E-state index is 0. The molecule has 0 aliphatic carbocycles. The van der Waals surface area contributed by atoms with Crippen LogP contribution in [0.5, 0.6) is 0 Å². The summed E-state index contributed by atoms with van der Waals surface area (Å²) in [5, 5.41) is 2.60. The lowest BCUT2D eigenvalue weighted by molar-refractivity contribution is -0.115. The summed E-state index contributed by atoms with van der Waals surface area (Å²) in [4.78, 5) is 11.7. The van der Waals surface area contributed by atoms with Crippen molar-refractivity contribution in [3.8, 4) is 0 Å². The quantitative estimate of drug-likeness (QED) is 0.708. The van der Waals surface area contributed by atoms with Gasteiger partial charge in [0.1, 0.15) is 10.7 Å². The number of nitrogens with one attached hydrogen (secondary N) is 1. The molecule has 0 radical (unpaired) electrons. The molecule has 0 aromatic heterocycles. The molecule has 7 nitrogen and oxygen atoms in total. The van der Waals surface area contributed by atoms with Crippen LogP contribution >= 0.6 is 12.4 Å². The van der Waals surface area contributed by atoms with Crippen molar-refractivity contribution in [3.63, 3.8) is 0 Å². The Labute approximate surface area is 169 Å². The number of rotatable bonds is 5. The molecule has 0 spiro atoms. The van der Waals surface area contributed by atoms with Crippen LogP contribution in [0, 0.1) is 5.82 Å². The molecule has 1 aliphatic rings. The maximum atomic E-state index is 14.2. The van der Waals surface area contributed by atoms with E-state index in [1.54, 1.807) is 24.3 Å². The van der Waals surface area contributed by atoms with Crippen molar-refractivity contribution in [2.45, 2.75) is 11.3 Å². The molecule has 3 N–H and O–H groups in total. The van der Waals surface area contributed by atoms with Gasteiger partial charge in [0.05, 0.1) is 19.6 Å². The number of carbonyl (C=O) groups excluding carboxylic acids is 1. The van der Waals surface area contributed by atoms with E-state index in [1.165, 1.54) is 10.4 Å². The third-order valence-corrected chi connectivity index (χ3v) is 6.06. The first-order chi connectivity index (χ1) is 12.9. The van der Waals surface area contributed by atoms with E-state index in [1.807, 2.05) is 0 Å². The van der Waals surface area contributed by atoms with E-state index in [0.717, 1.165) is 17.7 Å². The Bertz CT molecular complexity index is 932. The lowest BCUT2D eigenvalue weighted by atomic mass is 10.1. The summed E-state index contributed by atoms with van der Waals surface area (Å²) in [5.41, 5.74) is 7.17. The summed E-state index contributed by atoms with van der Waals surface area (Å²) < 4.78 is 45.8. The minimum Gasteiger partial charge on any atom is -0.399 e. The van der Waals surface area contributed by atoms with Crippen LogP contribution in [0.1, 0.15) is 5.56 Å². The van der Waals surface area contributed by atoms with E-state index < -0.39 is 20.7 Å². The summed E-state index contributed by atoms with van der Waals surface area (Å²) in [6.07, 6.45) is 0.0865. The van der Waals surface area contributed by atoms with Gasteiger partial charge in [0.2, 0.25) is 15.9 Å². The number of anilines is 2. The van der Waals surface area contributed by atoms with Crippen LogP contribution in [0.15, 0.2) is 47.4 Å². The molecule has 0 bridgehead atoms. The van der Waals surface area contributed by atoms with Crippen LogP contribution in [-0.2, 0) is 26.0 Å². The van der Waals surface area contributed by atoms with E-state index >= 15 is 0 Å². The molecule has 1 heterocycles. The van der Waals surface area contributed by atoms with Gasteiger partial charge in [-0.15, -0.1) is 12.4 Å². The van der Waals surface area contributed by atoms with E-state index in [-0.39, 0.29) is 56.7 Å². The van der Waals surface area contributed by atoms with Gasteiger partial charge < -0.3 is 15.8 Å². The molecule has 0 atom stereocenters. The first-order valence-electron chi connectivity index (χ1n) is 8.38. The number of hydrogen-bond donors (Lipinski definition) is 2. The van der Waals surface area contributed by atoms with Crippen LogP contribution < -0.4 is 11.1 Å². The second kappa shape index (κ2) is 9.33. The first kappa shape index (κ1) is 22.1. The van der Waals surface area contributed by atoms with E-state index in [9.17, 15) is 17.6 Å². The Morgan fingerprint density at radius 1 is 1.14 bits per heavy atom. The lowest BCUT2D eigenvalue weighted by Gasteiger charge is -2.26. The van der Waals surface area contributed by atoms with E-state index in [4.69, 9.17) is 10.5 Å². The monoisotopic (exact) mass is 429 g/mol. The minimum atomic E-state index is -4.00. The maximum absolute atomic E-state index is 14.2. The van der Waals surface area contributed by atoms with Crippen molar-refractivity contribution in [1.82, 2.24) is 4.31 Å². The van der Waals surface area contributed by atoms with Crippen molar-refractivity contribution in [3.05, 3.63) is 53.8 Å². The summed E-state index contributed by atoms with van der Waals surface area (Å²) in [6, 6.07) is 10.3. The van der Waals surface area contributed by atoms with Crippen LogP contribution in [0.2, 0.25) is 0 Å². The van der Waals surface area contributed by atoms with Gasteiger partial charge in [-0.25, -0.2) is 12.8 Å². The Morgan fingerprint density at radius 3 is 2.43 bits per heavy atom. The Balaban J connectivity index is 0.00000280. The van der Waals surface area contributed by atoms with E-state index in [2.05, 4.69) is 5.32 Å². The number of amides is 1. The Hall–Kier alpha value is -2.20. The number of nitrogen functional groups attached to an aromatic ring is 1. The van der Waals surface area contributed by atoms with Crippen LogP contribution in [-0.4, -0.2) is 44.9 Å². The molecule has 0 unspecified atom stereocenters. The number of nitrogens with zero attached hydrogens (tertiary/aromatic N) is 1. The van der Waals surface area contributed by atoms with Gasteiger partial charge >= 0.3 is 0 Å². The smallest absolute Gasteiger partial charge is 0.246 e. The second-order valence-corrected chi connectivity index (χ2v) is 8.03. The Kier molecular flexibility index (Phi) is 7.36. The zero-order valence-corrected chi connectivity index (χ0v) is 16.6. The molecule has 10 heteroatoms. The second-order valence-electron chi connectivity index (χ2n) is 6.13. The van der Waals surface area contributed by atoms with Crippen molar-refractivity contribution < 1.29 is 22.3 Å². The van der Waals surface area contributed by atoms with Crippen molar-refractivity contribution in [2.75, 3.05) is 37.4 Å². The molecule has 2 aromatic carbocycles. The topological polar surface area (TPSA) is 102 Å². The fourth-order valence-corrected chi connectivity index (χ4v) is 4.23. The van der Waals surface area contributed by atoms with Crippen LogP contribution in [0.25, 0.3) is 0 Å². The first-order valence-corrected chi connectivity index (χ1v) is 9.82. The zero-order chi connectivity index (χ0) is 19.4. The summed E-state index contributed by atoms with van der Waals surface area (Å²) in [6.45, 7) is 0.850. The molecule has 1 saturated heterocycles. The van der Waals surface area contributed by atoms with Crippen LogP contribution in [0.4, 0.5) is 15.8 Å². The fraction of sp³-hybridized carbons (Fsp3) is 0.278. The average molecular weight is 430 g/mol. The molecule has 28 heavy (non-hydrogen) atoms. The Morgan fingerprint density at radius 2 is 1.79 bits per heavy atom. The van der Waals surface area contributed by atoms with Crippen LogP contribution in [0.3, 0.4) is 0 Å². The predicted octanol–water partition coefficient (Wildman–Crippen LogP) is 2.03. The largest absolute Gasteiger partial charge is 0.399 e. The third kappa shape index (κ3) is 5.20. The summed E-state index contributed by atoms with van der Waals surface area (Å²) in [5.74, 6) is -1.21. The SMILES string of the molecule is Cl.Nc1ccc(CC(=O)Nc2ccc(F)c(S(=O)(=O)N3CCOCC3)c2)cc1. The summed E-state index contributed by atoms with van der Waals surface area (Å²) in [7, 11) is -4.00. The number of ether oxygens (including phenoxy) is 1. The van der Waals surface area contributed by atoms with Gasteiger partial charge in [0, 0.05) is 24.5 Å². The summed E-state index contributed by atoms with van der Waals surface area (Å²) >= 11 is 0. The predicted molar refractivity (Wildman–Crippen MR) is 106 cm³/mol. The maximum Gasteiger partial charge on any atom is 0.246 e. The van der Waals surface area contributed by atoms with Gasteiger partial charge in [-0.3, -0.25) is 4.79 Å². The molecule has 0 saturated carbocycles. The van der Waals surface area contributed by atoms with Gasteiger partial charge in [-0.2, -0.15) is 4.31 Å². The number of morpholine rings is 1. The number of sulfonamides is 1. The lowest BCUT2D eigenvalue weighted by Crippen LogP contribution is -2.40. The molecule has 1 aliphatic heterocycles. The van der Waals surface area contributed by atoms with Gasteiger partial charge in [0.25, 0.3) is 0 Å². The van der Waals surface area contributed by atoms with E-state index in [0.29, 0.717) is 5.69 Å². The highest BCUT2D eigenvalue weighted by molar-refractivity contribution is 7.89. The molecule has 152 valence electrons. The number of benzene rings is 2. The highest BCUT2D eigenvalue weighted by Crippen LogP contribution is 2.24. The zero-order valence-electron chi connectivity index (χ0n) is 14.9. The van der Waals surface area contributed by atoms with Crippen molar-refractivity contribution in [2.24, 2.45) is 0 Å². The number of hydrogen-bond acceptors (Lipinski definition) is 5. The normalized spacial score (nSPS) is 14.9. The van der Waals surface area contributed by atoms with Gasteiger partial charge in [0.15, 0.2) is 0 Å². The average Bonchev–Trinajstić information content (AvgIpc) is 2.66. The molecule has 2 aromatic rings. The number of halogens is 2. The molecule has 1 amide bonds. The molecular weight excluding hydrogens is 409 g/mol. The molecule has 1 fully saturated rings. The van der Waals surface area contributed by atoms with Crippen molar-refractivity contribution in [1.29, 1.82) is 0 Å². The fourth-order valence-electron chi connectivity index (χ4n) is 2.73. The van der Waals surface area contributed by atoms with Gasteiger partial charge in [-0.05, 0) is 35.9 Å². The highest BCUT2D eigenvalue weighted by atomic mass is 35.5. The number of carbonyl (C=O) groups is 1. The third-order valence-electron chi connectivity index (χ3n) is 4.15. The highest BCUT2D eigenvalue weighted by Gasteiger charge is 2.29.